The lowest BCUT2D eigenvalue weighted by molar-refractivity contribution is 0.111. The first-order valence-corrected chi connectivity index (χ1v) is 8.85. The third-order valence-corrected chi connectivity index (χ3v) is 5.28. The van der Waals surface area contributed by atoms with Crippen LogP contribution in [0.3, 0.4) is 0 Å². The number of benzene rings is 1. The average molecular weight is 344 g/mol. The molecule has 1 fully saturated rings. The first kappa shape index (κ1) is 17.0. The number of aryl methyl sites for hydroxylation is 1. The second kappa shape index (κ2) is 7.80. The number of carbonyl (C=O) groups excluding carboxylic acids is 1. The molecule has 3 rings (SSSR count). The maximum atomic E-state index is 11.3. The van der Waals surface area contributed by atoms with E-state index >= 15 is 0 Å². The van der Waals surface area contributed by atoms with Crippen molar-refractivity contribution in [3.8, 4) is 5.75 Å². The number of ether oxygens (including phenoxy) is 1. The van der Waals surface area contributed by atoms with Gasteiger partial charge in [-0.05, 0) is 48.8 Å². The van der Waals surface area contributed by atoms with Crippen molar-refractivity contribution in [3.05, 3.63) is 58.4 Å². The van der Waals surface area contributed by atoms with Gasteiger partial charge in [0.05, 0.1) is 18.4 Å². The highest BCUT2D eigenvalue weighted by molar-refractivity contribution is 6.31. The SMILES string of the molecule is Cc1cncc(OCC2CCCCC2c2ccccc2Cl)c1C=O. The van der Waals surface area contributed by atoms with Crippen LogP contribution in [0.5, 0.6) is 5.75 Å². The van der Waals surface area contributed by atoms with Crippen molar-refractivity contribution in [2.45, 2.75) is 38.5 Å². The van der Waals surface area contributed by atoms with Crippen LogP contribution in [0.2, 0.25) is 5.02 Å². The Labute approximate surface area is 148 Å². The highest BCUT2D eigenvalue weighted by atomic mass is 35.5. The fraction of sp³-hybridized carbons (Fsp3) is 0.400. The summed E-state index contributed by atoms with van der Waals surface area (Å²) >= 11 is 6.41. The molecule has 1 saturated carbocycles. The lowest BCUT2D eigenvalue weighted by Gasteiger charge is -2.32. The number of hydrogen-bond acceptors (Lipinski definition) is 3. The molecule has 24 heavy (non-hydrogen) atoms. The van der Waals surface area contributed by atoms with E-state index in [0.29, 0.717) is 29.8 Å². The zero-order chi connectivity index (χ0) is 16.9. The normalized spacial score (nSPS) is 20.6. The molecular formula is C20H22ClNO2. The summed E-state index contributed by atoms with van der Waals surface area (Å²) in [4.78, 5) is 15.4. The van der Waals surface area contributed by atoms with Gasteiger partial charge in [-0.15, -0.1) is 0 Å². The van der Waals surface area contributed by atoms with Crippen molar-refractivity contribution in [1.29, 1.82) is 0 Å². The molecule has 0 amide bonds. The van der Waals surface area contributed by atoms with Crippen molar-refractivity contribution in [2.75, 3.05) is 6.61 Å². The molecule has 2 aromatic rings. The largest absolute Gasteiger partial charge is 0.491 e. The van der Waals surface area contributed by atoms with E-state index < -0.39 is 0 Å². The van der Waals surface area contributed by atoms with Crippen LogP contribution in [0, 0.1) is 12.8 Å². The standard InChI is InChI=1S/C20H22ClNO2/c1-14-10-22-11-20(18(14)12-23)24-13-15-6-2-3-7-16(15)17-8-4-5-9-19(17)21/h4-5,8-12,15-16H,2-3,6-7,13H2,1H3. The van der Waals surface area contributed by atoms with Crippen LogP contribution in [0.25, 0.3) is 0 Å². The molecular weight excluding hydrogens is 322 g/mol. The van der Waals surface area contributed by atoms with E-state index in [1.54, 1.807) is 12.4 Å². The maximum absolute atomic E-state index is 11.3. The molecule has 1 aliphatic rings. The van der Waals surface area contributed by atoms with E-state index in [4.69, 9.17) is 16.3 Å². The van der Waals surface area contributed by atoms with Gasteiger partial charge >= 0.3 is 0 Å². The number of rotatable bonds is 5. The van der Waals surface area contributed by atoms with Crippen LogP contribution < -0.4 is 4.74 Å². The minimum absolute atomic E-state index is 0.402. The number of nitrogens with zero attached hydrogens (tertiary/aromatic N) is 1. The first-order valence-electron chi connectivity index (χ1n) is 8.47. The van der Waals surface area contributed by atoms with E-state index in [2.05, 4.69) is 11.1 Å². The molecule has 1 aromatic carbocycles. The molecule has 0 radical (unpaired) electrons. The lowest BCUT2D eigenvalue weighted by Crippen LogP contribution is -2.24. The summed E-state index contributed by atoms with van der Waals surface area (Å²) in [6.45, 7) is 2.46. The zero-order valence-corrected chi connectivity index (χ0v) is 14.6. The van der Waals surface area contributed by atoms with Crippen LogP contribution in [-0.2, 0) is 0 Å². The summed E-state index contributed by atoms with van der Waals surface area (Å²) in [5.41, 5.74) is 2.65. The third kappa shape index (κ3) is 3.62. The molecule has 3 nitrogen and oxygen atoms in total. The Bertz CT molecular complexity index is 717. The first-order chi connectivity index (χ1) is 11.7. The van der Waals surface area contributed by atoms with Crippen molar-refractivity contribution < 1.29 is 9.53 Å². The quantitative estimate of drug-likeness (QED) is 0.699. The number of aromatic nitrogens is 1. The Morgan fingerprint density at radius 3 is 2.83 bits per heavy atom. The Morgan fingerprint density at radius 2 is 2.04 bits per heavy atom. The molecule has 1 aromatic heterocycles. The molecule has 1 heterocycles. The molecule has 0 N–H and O–H groups in total. The number of halogens is 1. The molecule has 1 aliphatic carbocycles. The second-order valence-electron chi connectivity index (χ2n) is 6.47. The summed E-state index contributed by atoms with van der Waals surface area (Å²) in [7, 11) is 0. The molecule has 2 unspecified atom stereocenters. The van der Waals surface area contributed by atoms with Gasteiger partial charge in [-0.1, -0.05) is 42.6 Å². The van der Waals surface area contributed by atoms with E-state index in [-0.39, 0.29) is 0 Å². The van der Waals surface area contributed by atoms with Gasteiger partial charge in [0.25, 0.3) is 0 Å². The average Bonchev–Trinajstić information content (AvgIpc) is 2.61. The van der Waals surface area contributed by atoms with Gasteiger partial charge in [-0.2, -0.15) is 0 Å². The Hall–Kier alpha value is -1.87. The van der Waals surface area contributed by atoms with Crippen LogP contribution in [0.4, 0.5) is 0 Å². The van der Waals surface area contributed by atoms with E-state index in [1.807, 2.05) is 25.1 Å². The minimum atomic E-state index is 0.402. The van der Waals surface area contributed by atoms with Crippen molar-refractivity contribution in [1.82, 2.24) is 4.98 Å². The van der Waals surface area contributed by atoms with Crippen LogP contribution in [-0.4, -0.2) is 17.9 Å². The van der Waals surface area contributed by atoms with Gasteiger partial charge in [-0.25, -0.2) is 0 Å². The summed E-state index contributed by atoms with van der Waals surface area (Å²) in [6, 6.07) is 8.09. The van der Waals surface area contributed by atoms with Gasteiger partial charge in [0, 0.05) is 11.2 Å². The molecule has 0 bridgehead atoms. The summed E-state index contributed by atoms with van der Waals surface area (Å²) in [6.07, 6.45) is 8.84. The predicted octanol–water partition coefficient (Wildman–Crippen LogP) is 5.21. The molecule has 4 heteroatoms. The number of aldehydes is 1. The van der Waals surface area contributed by atoms with Gasteiger partial charge in [-0.3, -0.25) is 9.78 Å². The fourth-order valence-corrected chi connectivity index (χ4v) is 3.88. The highest BCUT2D eigenvalue weighted by Crippen LogP contribution is 2.40. The minimum Gasteiger partial charge on any atom is -0.491 e. The fourth-order valence-electron chi connectivity index (χ4n) is 3.61. The Balaban J connectivity index is 1.77. The van der Waals surface area contributed by atoms with Crippen LogP contribution >= 0.6 is 11.6 Å². The molecule has 0 aliphatic heterocycles. The summed E-state index contributed by atoms with van der Waals surface area (Å²) < 4.78 is 6.00. The highest BCUT2D eigenvalue weighted by Gasteiger charge is 2.28. The summed E-state index contributed by atoms with van der Waals surface area (Å²) in [5, 5.41) is 0.834. The van der Waals surface area contributed by atoms with Crippen molar-refractivity contribution >= 4 is 17.9 Å². The zero-order valence-electron chi connectivity index (χ0n) is 13.9. The van der Waals surface area contributed by atoms with Crippen molar-refractivity contribution in [3.63, 3.8) is 0 Å². The van der Waals surface area contributed by atoms with Gasteiger partial charge in [0.2, 0.25) is 0 Å². The topological polar surface area (TPSA) is 39.2 Å². The van der Waals surface area contributed by atoms with E-state index in [9.17, 15) is 4.79 Å². The van der Waals surface area contributed by atoms with Crippen LogP contribution in [0.15, 0.2) is 36.7 Å². The molecule has 0 spiro atoms. The molecule has 0 saturated heterocycles. The Kier molecular flexibility index (Phi) is 5.52. The number of pyridine rings is 1. The molecule has 2 atom stereocenters. The predicted molar refractivity (Wildman–Crippen MR) is 96.0 cm³/mol. The maximum Gasteiger partial charge on any atom is 0.154 e. The van der Waals surface area contributed by atoms with Gasteiger partial charge in [0.15, 0.2) is 6.29 Å². The lowest BCUT2D eigenvalue weighted by atomic mass is 9.76. The number of hydrogen-bond donors (Lipinski definition) is 0. The Morgan fingerprint density at radius 1 is 1.25 bits per heavy atom. The molecule has 126 valence electrons. The van der Waals surface area contributed by atoms with Gasteiger partial charge in [0.1, 0.15) is 5.75 Å². The third-order valence-electron chi connectivity index (χ3n) is 4.93. The van der Waals surface area contributed by atoms with E-state index in [0.717, 1.165) is 29.7 Å². The summed E-state index contributed by atoms with van der Waals surface area (Å²) in [5.74, 6) is 1.39. The smallest absolute Gasteiger partial charge is 0.154 e. The van der Waals surface area contributed by atoms with Crippen LogP contribution in [0.1, 0.15) is 53.1 Å². The van der Waals surface area contributed by atoms with E-state index in [1.165, 1.54) is 18.4 Å². The van der Waals surface area contributed by atoms with Gasteiger partial charge < -0.3 is 4.74 Å². The van der Waals surface area contributed by atoms with Crippen molar-refractivity contribution in [2.24, 2.45) is 5.92 Å². The monoisotopic (exact) mass is 343 g/mol. The number of carbonyl (C=O) groups is 1. The second-order valence-corrected chi connectivity index (χ2v) is 6.88.